The number of carbonyl (C=O) groups excluding carboxylic acids is 3. The Morgan fingerprint density at radius 3 is 2.46 bits per heavy atom. The van der Waals surface area contributed by atoms with E-state index in [-0.39, 0.29) is 30.0 Å². The predicted molar refractivity (Wildman–Crippen MR) is 189 cm³/mol. The summed E-state index contributed by atoms with van der Waals surface area (Å²) >= 11 is 13.2. The number of aromatic nitrogens is 2. The van der Waals surface area contributed by atoms with Crippen LogP contribution in [0.2, 0.25) is 10.0 Å². The van der Waals surface area contributed by atoms with Crippen LogP contribution in [0.15, 0.2) is 97.2 Å². The van der Waals surface area contributed by atoms with Gasteiger partial charge in [0.1, 0.15) is 17.9 Å². The van der Waals surface area contributed by atoms with E-state index >= 15 is 0 Å². The zero-order valence-corrected chi connectivity index (χ0v) is 28.1. The Kier molecular flexibility index (Phi) is 11.1. The molecule has 0 aliphatic heterocycles. The second-order valence-corrected chi connectivity index (χ2v) is 11.8. The number of pyridine rings is 2. The fourth-order valence-corrected chi connectivity index (χ4v) is 5.48. The maximum Gasteiger partial charge on any atom is 0.253 e. The van der Waals surface area contributed by atoms with Crippen molar-refractivity contribution in [3.8, 4) is 5.75 Å². The average Bonchev–Trinajstić information content (AvgIpc) is 3.09. The van der Waals surface area contributed by atoms with Gasteiger partial charge in [0.2, 0.25) is 11.8 Å². The van der Waals surface area contributed by atoms with Gasteiger partial charge in [0.15, 0.2) is 0 Å². The molecule has 0 aliphatic carbocycles. The van der Waals surface area contributed by atoms with Crippen LogP contribution >= 0.6 is 23.2 Å². The summed E-state index contributed by atoms with van der Waals surface area (Å²) in [5, 5.41) is 4.19. The molecular formula is C37H33Cl2N5O4. The van der Waals surface area contributed by atoms with Crippen LogP contribution in [0.3, 0.4) is 0 Å². The van der Waals surface area contributed by atoms with Crippen LogP contribution in [0, 0.1) is 6.92 Å². The number of para-hydroxylation sites is 1. The second-order valence-electron chi connectivity index (χ2n) is 11.0. The smallest absolute Gasteiger partial charge is 0.253 e. The van der Waals surface area contributed by atoms with E-state index in [4.69, 9.17) is 27.9 Å². The van der Waals surface area contributed by atoms with Crippen molar-refractivity contribution in [3.05, 3.63) is 135 Å². The lowest BCUT2D eigenvalue weighted by Gasteiger charge is -2.21. The summed E-state index contributed by atoms with van der Waals surface area (Å²) < 4.78 is 6.09. The van der Waals surface area contributed by atoms with Gasteiger partial charge in [-0.15, -0.1) is 0 Å². The summed E-state index contributed by atoms with van der Waals surface area (Å²) in [5.41, 5.74) is 4.55. The fourth-order valence-electron chi connectivity index (χ4n) is 4.87. The first kappa shape index (κ1) is 34.1. The van der Waals surface area contributed by atoms with Crippen molar-refractivity contribution >= 4 is 63.6 Å². The summed E-state index contributed by atoms with van der Waals surface area (Å²) in [5.74, 6) is -0.404. The number of benzene rings is 3. The standard InChI is InChI=1S/C37H33Cl2N5O4/c1-24-10-14-26-7-6-9-32(36(26)42-24)48-23-29-30(38)17-18-31(35(29)39)44(3)34(46)21-41-33(45)19-13-25-11-15-27(16-12-25)37(47)43(2)22-28-8-4-5-20-40-28/h4-20H,21-23H2,1-3H3,(H,41,45). The molecule has 0 saturated carbocycles. The van der Waals surface area contributed by atoms with Gasteiger partial charge in [-0.25, -0.2) is 4.98 Å². The van der Waals surface area contributed by atoms with E-state index < -0.39 is 5.91 Å². The van der Waals surface area contributed by atoms with Crippen LogP contribution in [0.1, 0.15) is 32.9 Å². The van der Waals surface area contributed by atoms with Crippen molar-refractivity contribution in [2.24, 2.45) is 0 Å². The molecule has 11 heteroatoms. The lowest BCUT2D eigenvalue weighted by molar-refractivity contribution is -0.122. The Morgan fingerprint density at radius 2 is 1.71 bits per heavy atom. The summed E-state index contributed by atoms with van der Waals surface area (Å²) in [6.07, 6.45) is 4.62. The third-order valence-corrected chi connectivity index (χ3v) is 8.34. The number of hydrogen-bond acceptors (Lipinski definition) is 6. The average molecular weight is 683 g/mol. The van der Waals surface area contributed by atoms with Gasteiger partial charge in [0.05, 0.1) is 29.5 Å². The molecule has 0 saturated heterocycles. The van der Waals surface area contributed by atoms with E-state index in [2.05, 4.69) is 15.3 Å². The molecule has 0 bridgehead atoms. The summed E-state index contributed by atoms with van der Waals surface area (Å²) in [4.78, 5) is 50.1. The van der Waals surface area contributed by atoms with E-state index in [9.17, 15) is 14.4 Å². The highest BCUT2D eigenvalue weighted by atomic mass is 35.5. The highest BCUT2D eigenvalue weighted by Crippen LogP contribution is 2.35. The van der Waals surface area contributed by atoms with Crippen LogP contribution in [-0.2, 0) is 22.7 Å². The molecule has 1 N–H and O–H groups in total. The van der Waals surface area contributed by atoms with Gasteiger partial charge in [-0.3, -0.25) is 19.4 Å². The lowest BCUT2D eigenvalue weighted by Crippen LogP contribution is -2.37. The summed E-state index contributed by atoms with van der Waals surface area (Å²) in [6, 6.07) is 25.3. The minimum Gasteiger partial charge on any atom is -0.487 e. The molecule has 0 unspecified atom stereocenters. The van der Waals surface area contributed by atoms with E-state index in [0.29, 0.717) is 34.1 Å². The molecule has 5 aromatic rings. The van der Waals surface area contributed by atoms with E-state index in [0.717, 1.165) is 27.9 Å². The number of hydrogen-bond donors (Lipinski definition) is 1. The zero-order valence-electron chi connectivity index (χ0n) is 26.6. The number of anilines is 1. The van der Waals surface area contributed by atoms with E-state index in [1.165, 1.54) is 11.0 Å². The largest absolute Gasteiger partial charge is 0.487 e. The molecular weight excluding hydrogens is 649 g/mol. The molecule has 0 spiro atoms. The van der Waals surface area contributed by atoms with Crippen molar-refractivity contribution < 1.29 is 19.1 Å². The first-order valence-electron chi connectivity index (χ1n) is 15.0. The monoisotopic (exact) mass is 681 g/mol. The third kappa shape index (κ3) is 8.36. The molecule has 9 nitrogen and oxygen atoms in total. The molecule has 5 rings (SSSR count). The van der Waals surface area contributed by atoms with E-state index in [1.54, 1.807) is 67.7 Å². The van der Waals surface area contributed by atoms with Crippen molar-refractivity contribution in [1.82, 2.24) is 20.2 Å². The first-order chi connectivity index (χ1) is 23.1. The number of ether oxygens (including phenoxy) is 1. The molecule has 48 heavy (non-hydrogen) atoms. The van der Waals surface area contributed by atoms with Gasteiger partial charge in [-0.1, -0.05) is 59.6 Å². The number of nitrogens with one attached hydrogen (secondary N) is 1. The molecule has 3 amide bonds. The molecule has 0 radical (unpaired) electrons. The molecule has 0 aliphatic rings. The zero-order chi connectivity index (χ0) is 34.2. The van der Waals surface area contributed by atoms with Gasteiger partial charge in [-0.05, 0) is 67.1 Å². The van der Waals surface area contributed by atoms with Crippen molar-refractivity contribution in [3.63, 3.8) is 0 Å². The van der Waals surface area contributed by atoms with Crippen molar-refractivity contribution in [1.29, 1.82) is 0 Å². The topological polar surface area (TPSA) is 105 Å². The molecule has 2 aromatic heterocycles. The van der Waals surface area contributed by atoms with Gasteiger partial charge in [-0.2, -0.15) is 0 Å². The highest BCUT2D eigenvalue weighted by Gasteiger charge is 2.19. The number of aryl methyl sites for hydroxylation is 1. The lowest BCUT2D eigenvalue weighted by atomic mass is 10.1. The van der Waals surface area contributed by atoms with Crippen LogP contribution in [0.4, 0.5) is 5.69 Å². The third-order valence-electron chi connectivity index (χ3n) is 7.57. The number of halogens is 2. The SMILES string of the molecule is Cc1ccc2cccc(OCc3c(Cl)ccc(N(C)C(=O)CNC(=O)C=Cc4ccc(C(=O)N(C)Cc5ccccn5)cc4)c3Cl)c2n1. The Balaban J connectivity index is 1.15. The predicted octanol–water partition coefficient (Wildman–Crippen LogP) is 6.89. The van der Waals surface area contributed by atoms with Gasteiger partial charge >= 0.3 is 0 Å². The Hall–Kier alpha value is -5.25. The first-order valence-corrected chi connectivity index (χ1v) is 15.8. The number of rotatable bonds is 11. The van der Waals surface area contributed by atoms with Gasteiger partial charge in [0.25, 0.3) is 5.91 Å². The van der Waals surface area contributed by atoms with Crippen molar-refractivity contribution in [2.45, 2.75) is 20.1 Å². The maximum absolute atomic E-state index is 13.0. The Bertz CT molecular complexity index is 1980. The van der Waals surface area contributed by atoms with Crippen LogP contribution in [0.25, 0.3) is 17.0 Å². The quantitative estimate of drug-likeness (QED) is 0.152. The molecule has 2 heterocycles. The number of likely N-dealkylation sites (N-methyl/N-ethyl adjacent to an activating group) is 1. The highest BCUT2D eigenvalue weighted by molar-refractivity contribution is 6.38. The Morgan fingerprint density at radius 1 is 0.917 bits per heavy atom. The molecule has 0 fully saturated rings. The number of amides is 3. The van der Waals surface area contributed by atoms with Gasteiger partial charge < -0.3 is 19.9 Å². The van der Waals surface area contributed by atoms with Crippen molar-refractivity contribution in [2.75, 3.05) is 25.5 Å². The normalized spacial score (nSPS) is 11.0. The fraction of sp³-hybridized carbons (Fsp3) is 0.162. The summed E-state index contributed by atoms with van der Waals surface area (Å²) in [7, 11) is 3.28. The molecule has 0 atom stereocenters. The minimum absolute atomic E-state index is 0.0564. The van der Waals surface area contributed by atoms with Crippen LogP contribution in [-0.4, -0.2) is 53.2 Å². The second kappa shape index (κ2) is 15.6. The van der Waals surface area contributed by atoms with Gasteiger partial charge in [0, 0.05) is 53.6 Å². The number of fused-ring (bicyclic) bond motifs is 1. The Labute approximate surface area is 288 Å². The minimum atomic E-state index is -0.456. The molecule has 3 aromatic carbocycles. The van der Waals surface area contributed by atoms with E-state index in [1.807, 2.05) is 55.5 Å². The van der Waals surface area contributed by atoms with Crippen LogP contribution < -0.4 is 15.0 Å². The maximum atomic E-state index is 13.0. The molecule has 244 valence electrons. The summed E-state index contributed by atoms with van der Waals surface area (Å²) in [6.45, 7) is 2.09. The number of nitrogens with zero attached hydrogens (tertiary/aromatic N) is 4. The number of carbonyl (C=O) groups is 3. The van der Waals surface area contributed by atoms with Crippen LogP contribution in [0.5, 0.6) is 5.75 Å².